The van der Waals surface area contributed by atoms with Crippen molar-refractivity contribution in [3.05, 3.63) is 45.9 Å². The highest BCUT2D eigenvalue weighted by molar-refractivity contribution is 9.10. The molecule has 2 N–H and O–H groups in total. The van der Waals surface area contributed by atoms with Crippen molar-refractivity contribution in [2.45, 2.75) is 32.5 Å². The van der Waals surface area contributed by atoms with Crippen molar-refractivity contribution in [2.24, 2.45) is 0 Å². The summed E-state index contributed by atoms with van der Waals surface area (Å²) in [4.78, 5) is 0. The molecule has 0 aliphatic carbocycles. The van der Waals surface area contributed by atoms with Gasteiger partial charge in [0.25, 0.3) is 0 Å². The first-order valence-corrected chi connectivity index (χ1v) is 9.95. The van der Waals surface area contributed by atoms with Gasteiger partial charge in [-0.25, -0.2) is 0 Å². The van der Waals surface area contributed by atoms with E-state index < -0.39 is 0 Å². The zero-order valence-electron chi connectivity index (χ0n) is 16.8. The molecular weight excluding hydrogens is 462 g/mol. The van der Waals surface area contributed by atoms with E-state index in [0.29, 0.717) is 37.9 Å². The molecular formula is C21H27BrClNO5. The maximum atomic E-state index is 9.39. The molecule has 0 aromatic heterocycles. The van der Waals surface area contributed by atoms with Crippen LogP contribution in [-0.4, -0.2) is 37.6 Å². The van der Waals surface area contributed by atoms with E-state index in [2.05, 4.69) is 21.2 Å². The number of hydrogen-bond acceptors (Lipinski definition) is 6. The molecule has 160 valence electrons. The minimum absolute atomic E-state index is 0. The Kier molecular flexibility index (Phi) is 8.46. The fraction of sp³-hybridized carbons (Fsp3) is 0.429. The van der Waals surface area contributed by atoms with Crippen LogP contribution in [-0.2, 0) is 13.2 Å². The normalized spacial score (nSPS) is 12.9. The third-order valence-corrected chi connectivity index (χ3v) is 5.03. The Morgan fingerprint density at radius 2 is 1.83 bits per heavy atom. The van der Waals surface area contributed by atoms with Crippen LogP contribution in [0.25, 0.3) is 0 Å². The maximum absolute atomic E-state index is 9.39. The van der Waals surface area contributed by atoms with Gasteiger partial charge in [-0.05, 0) is 65.2 Å². The molecule has 3 rings (SSSR count). The van der Waals surface area contributed by atoms with Gasteiger partial charge in [0.1, 0.15) is 19.8 Å². The fourth-order valence-corrected chi connectivity index (χ4v) is 3.35. The second kappa shape index (κ2) is 10.4. The lowest BCUT2D eigenvalue weighted by molar-refractivity contribution is 0.171. The molecule has 0 spiro atoms. The number of ether oxygens (including phenoxy) is 4. The van der Waals surface area contributed by atoms with Crippen LogP contribution in [0.3, 0.4) is 0 Å². The smallest absolute Gasteiger partial charge is 0.175 e. The third-order valence-electron chi connectivity index (χ3n) is 4.45. The summed E-state index contributed by atoms with van der Waals surface area (Å²) >= 11 is 3.58. The SMILES string of the molecule is COc1cc(CNC(C)(C)CO)cc(Br)c1OCc1ccc2c(c1)OCCO2.Cl. The van der Waals surface area contributed by atoms with E-state index in [9.17, 15) is 5.11 Å². The quantitative estimate of drug-likeness (QED) is 0.583. The summed E-state index contributed by atoms with van der Waals surface area (Å²) in [5.41, 5.74) is 1.65. The Bertz CT molecular complexity index is 831. The van der Waals surface area contributed by atoms with E-state index in [1.165, 1.54) is 0 Å². The van der Waals surface area contributed by atoms with Gasteiger partial charge >= 0.3 is 0 Å². The summed E-state index contributed by atoms with van der Waals surface area (Å²) in [5, 5.41) is 12.7. The van der Waals surface area contributed by atoms with Gasteiger partial charge < -0.3 is 29.4 Å². The summed E-state index contributed by atoms with van der Waals surface area (Å²) < 4.78 is 23.5. The molecule has 0 fully saturated rings. The van der Waals surface area contributed by atoms with Gasteiger partial charge in [0.2, 0.25) is 0 Å². The number of rotatable bonds is 8. The van der Waals surface area contributed by atoms with Crippen LogP contribution in [0, 0.1) is 0 Å². The van der Waals surface area contributed by atoms with Gasteiger partial charge in [0, 0.05) is 12.1 Å². The predicted molar refractivity (Wildman–Crippen MR) is 118 cm³/mol. The first kappa shape index (κ1) is 23.6. The molecule has 2 aromatic rings. The van der Waals surface area contributed by atoms with Crippen molar-refractivity contribution in [3.8, 4) is 23.0 Å². The highest BCUT2D eigenvalue weighted by Gasteiger charge is 2.18. The van der Waals surface area contributed by atoms with Crippen LogP contribution in [0.1, 0.15) is 25.0 Å². The van der Waals surface area contributed by atoms with E-state index in [-0.39, 0.29) is 24.6 Å². The van der Waals surface area contributed by atoms with E-state index in [4.69, 9.17) is 18.9 Å². The minimum Gasteiger partial charge on any atom is -0.493 e. The number of nitrogens with one attached hydrogen (secondary N) is 1. The molecule has 0 saturated carbocycles. The summed E-state index contributed by atoms with van der Waals surface area (Å²) in [5.74, 6) is 2.79. The van der Waals surface area contributed by atoms with Crippen LogP contribution in [0.15, 0.2) is 34.8 Å². The summed E-state index contributed by atoms with van der Waals surface area (Å²) in [6.07, 6.45) is 0. The first-order chi connectivity index (χ1) is 13.4. The molecule has 0 unspecified atom stereocenters. The zero-order chi connectivity index (χ0) is 20.1. The Labute approximate surface area is 186 Å². The molecule has 0 atom stereocenters. The van der Waals surface area contributed by atoms with Crippen LogP contribution in [0.4, 0.5) is 0 Å². The van der Waals surface area contributed by atoms with Gasteiger partial charge in [-0.3, -0.25) is 0 Å². The highest BCUT2D eigenvalue weighted by atomic mass is 79.9. The van der Waals surface area contributed by atoms with Crippen LogP contribution >= 0.6 is 28.3 Å². The van der Waals surface area contributed by atoms with Crippen molar-refractivity contribution in [2.75, 3.05) is 26.9 Å². The molecule has 0 radical (unpaired) electrons. The lowest BCUT2D eigenvalue weighted by atomic mass is 10.1. The number of fused-ring (bicyclic) bond motifs is 1. The molecule has 1 heterocycles. The minimum atomic E-state index is -0.354. The molecule has 1 aliphatic heterocycles. The highest BCUT2D eigenvalue weighted by Crippen LogP contribution is 2.38. The lowest BCUT2D eigenvalue weighted by Crippen LogP contribution is -2.42. The van der Waals surface area contributed by atoms with E-state index in [1.54, 1.807) is 7.11 Å². The summed E-state index contributed by atoms with van der Waals surface area (Å²) in [6, 6.07) is 9.72. The van der Waals surface area contributed by atoms with E-state index >= 15 is 0 Å². The van der Waals surface area contributed by atoms with Gasteiger partial charge in [0.05, 0.1) is 18.2 Å². The number of aliphatic hydroxyl groups excluding tert-OH is 1. The van der Waals surface area contributed by atoms with Gasteiger partial charge in [-0.1, -0.05) is 6.07 Å². The first-order valence-electron chi connectivity index (χ1n) is 9.15. The number of methoxy groups -OCH3 is 1. The number of benzene rings is 2. The van der Waals surface area contributed by atoms with Crippen molar-refractivity contribution >= 4 is 28.3 Å². The molecule has 0 bridgehead atoms. The standard InChI is InChI=1S/C21H26BrNO5.ClH/c1-21(2,13-24)23-11-15-8-16(22)20(19(10-15)25-3)28-12-14-4-5-17-18(9-14)27-7-6-26-17;/h4-5,8-10,23-24H,6-7,11-13H2,1-3H3;1H. The Morgan fingerprint density at radius 1 is 1.10 bits per heavy atom. The van der Waals surface area contributed by atoms with Gasteiger partial charge in [0.15, 0.2) is 23.0 Å². The average molecular weight is 489 g/mol. The Hall–Kier alpha value is -1.67. The largest absolute Gasteiger partial charge is 0.493 e. The van der Waals surface area contributed by atoms with Crippen molar-refractivity contribution in [1.82, 2.24) is 5.32 Å². The van der Waals surface area contributed by atoms with Crippen molar-refractivity contribution < 1.29 is 24.1 Å². The molecule has 6 nitrogen and oxygen atoms in total. The second-order valence-electron chi connectivity index (χ2n) is 7.27. The number of hydrogen-bond donors (Lipinski definition) is 2. The second-order valence-corrected chi connectivity index (χ2v) is 8.13. The molecule has 0 saturated heterocycles. The van der Waals surface area contributed by atoms with Gasteiger partial charge in [-0.15, -0.1) is 12.4 Å². The van der Waals surface area contributed by atoms with Gasteiger partial charge in [-0.2, -0.15) is 0 Å². The molecule has 2 aromatic carbocycles. The van der Waals surface area contributed by atoms with E-state index in [1.807, 2.05) is 44.2 Å². The van der Waals surface area contributed by atoms with Crippen LogP contribution < -0.4 is 24.3 Å². The molecule has 8 heteroatoms. The molecule has 0 amide bonds. The summed E-state index contributed by atoms with van der Waals surface area (Å²) in [7, 11) is 1.62. The lowest BCUT2D eigenvalue weighted by Gasteiger charge is -2.24. The Morgan fingerprint density at radius 3 is 2.52 bits per heavy atom. The monoisotopic (exact) mass is 487 g/mol. The van der Waals surface area contributed by atoms with Crippen LogP contribution in [0.5, 0.6) is 23.0 Å². The molecule has 1 aliphatic rings. The number of halogens is 2. The number of aliphatic hydroxyl groups is 1. The molecule has 29 heavy (non-hydrogen) atoms. The van der Waals surface area contributed by atoms with Crippen molar-refractivity contribution in [3.63, 3.8) is 0 Å². The zero-order valence-corrected chi connectivity index (χ0v) is 19.2. The van der Waals surface area contributed by atoms with E-state index in [0.717, 1.165) is 27.1 Å². The average Bonchev–Trinajstić information content (AvgIpc) is 2.71. The van der Waals surface area contributed by atoms with Crippen molar-refractivity contribution in [1.29, 1.82) is 0 Å². The van der Waals surface area contributed by atoms with Crippen LogP contribution in [0.2, 0.25) is 0 Å². The predicted octanol–water partition coefficient (Wildman–Crippen LogP) is 4.09. The maximum Gasteiger partial charge on any atom is 0.175 e. The Balaban J connectivity index is 0.00000300. The summed E-state index contributed by atoms with van der Waals surface area (Å²) in [6.45, 7) is 6.06. The third kappa shape index (κ3) is 6.15. The fourth-order valence-electron chi connectivity index (χ4n) is 2.75. The topological polar surface area (TPSA) is 69.2 Å².